The lowest BCUT2D eigenvalue weighted by molar-refractivity contribution is 0.102. The van der Waals surface area contributed by atoms with Gasteiger partial charge in [-0.1, -0.05) is 22.0 Å². The molecule has 2 nitrogen and oxygen atoms in total. The number of alkyl halides is 1. The summed E-state index contributed by atoms with van der Waals surface area (Å²) in [5.74, 6) is 0.0318. The molecule has 0 heterocycles. The minimum Gasteiger partial charge on any atom is -0.398 e. The number of nitrogens with two attached hydrogens (primary N) is 1. The van der Waals surface area contributed by atoms with Crippen LogP contribution in [0, 0.1) is 13.8 Å². The van der Waals surface area contributed by atoms with Crippen molar-refractivity contribution in [2.24, 2.45) is 0 Å². The predicted molar refractivity (Wildman–Crippen MR) is 58.5 cm³/mol. The number of anilines is 1. The highest BCUT2D eigenvalue weighted by Gasteiger charge is 2.10. The molecule has 0 aliphatic carbocycles. The number of hydrogen-bond acceptors (Lipinski definition) is 2. The summed E-state index contributed by atoms with van der Waals surface area (Å²) in [7, 11) is 0. The van der Waals surface area contributed by atoms with Crippen molar-refractivity contribution in [1.29, 1.82) is 0 Å². The lowest BCUT2D eigenvalue weighted by atomic mass is 10.0. The first-order valence-corrected chi connectivity index (χ1v) is 5.14. The number of halogens is 1. The van der Waals surface area contributed by atoms with Crippen LogP contribution < -0.4 is 5.73 Å². The molecule has 0 radical (unpaired) electrons. The maximum atomic E-state index is 11.4. The number of carbonyl (C=O) groups excluding carboxylic acids is 1. The lowest BCUT2D eigenvalue weighted by Gasteiger charge is -2.07. The van der Waals surface area contributed by atoms with E-state index in [1.807, 2.05) is 26.0 Å². The van der Waals surface area contributed by atoms with Crippen molar-refractivity contribution in [3.05, 3.63) is 28.8 Å². The maximum Gasteiger partial charge on any atom is 0.175 e. The molecule has 70 valence electrons. The molecule has 0 amide bonds. The molecule has 0 saturated carbocycles. The lowest BCUT2D eigenvalue weighted by Crippen LogP contribution is -2.06. The summed E-state index contributed by atoms with van der Waals surface area (Å²) in [5.41, 5.74) is 9.03. The highest BCUT2D eigenvalue weighted by Crippen LogP contribution is 2.20. The summed E-state index contributed by atoms with van der Waals surface area (Å²) in [5, 5.41) is 0.320. The van der Waals surface area contributed by atoms with Gasteiger partial charge in [0.1, 0.15) is 0 Å². The average molecular weight is 242 g/mol. The maximum absolute atomic E-state index is 11.4. The number of benzene rings is 1. The zero-order valence-corrected chi connectivity index (χ0v) is 9.31. The first kappa shape index (κ1) is 10.3. The third-order valence-corrected chi connectivity index (χ3v) is 2.46. The minimum absolute atomic E-state index is 0.0318. The molecule has 1 aromatic rings. The van der Waals surface area contributed by atoms with E-state index in [0.29, 0.717) is 16.6 Å². The molecule has 1 rings (SSSR count). The number of ketones is 1. The molecule has 0 spiro atoms. The second-order valence-corrected chi connectivity index (χ2v) is 3.66. The Morgan fingerprint density at radius 1 is 1.46 bits per heavy atom. The fraction of sp³-hybridized carbons (Fsp3) is 0.300. The molecule has 0 atom stereocenters. The SMILES string of the molecule is Cc1cc(C)c(N)c(C(=O)CBr)c1. The predicted octanol–water partition coefficient (Wildman–Crippen LogP) is 2.46. The van der Waals surface area contributed by atoms with Gasteiger partial charge in [0.15, 0.2) is 5.78 Å². The number of nitrogen functional groups attached to an aromatic ring is 1. The van der Waals surface area contributed by atoms with Gasteiger partial charge in [0.05, 0.1) is 5.33 Å². The third-order valence-electron chi connectivity index (χ3n) is 1.95. The van der Waals surface area contributed by atoms with Crippen LogP contribution in [0.25, 0.3) is 0 Å². The fourth-order valence-corrected chi connectivity index (χ4v) is 1.58. The van der Waals surface area contributed by atoms with Crippen molar-refractivity contribution in [2.75, 3.05) is 11.1 Å². The second-order valence-electron chi connectivity index (χ2n) is 3.10. The Kier molecular flexibility index (Phi) is 3.09. The second kappa shape index (κ2) is 3.92. The molecule has 13 heavy (non-hydrogen) atoms. The zero-order valence-electron chi connectivity index (χ0n) is 7.73. The molecule has 0 aliphatic heterocycles. The Bertz CT molecular complexity index is 347. The molecule has 0 aliphatic rings. The van der Waals surface area contributed by atoms with Crippen LogP contribution >= 0.6 is 15.9 Å². The Morgan fingerprint density at radius 3 is 2.62 bits per heavy atom. The highest BCUT2D eigenvalue weighted by molar-refractivity contribution is 9.09. The van der Waals surface area contributed by atoms with E-state index in [1.54, 1.807) is 0 Å². The van der Waals surface area contributed by atoms with Crippen LogP contribution in [0.15, 0.2) is 12.1 Å². The fourth-order valence-electron chi connectivity index (χ4n) is 1.28. The van der Waals surface area contributed by atoms with Crippen LogP contribution in [-0.2, 0) is 0 Å². The smallest absolute Gasteiger partial charge is 0.175 e. The zero-order chi connectivity index (χ0) is 10.0. The Balaban J connectivity index is 3.28. The van der Waals surface area contributed by atoms with Gasteiger partial charge in [-0.15, -0.1) is 0 Å². The first-order valence-electron chi connectivity index (χ1n) is 4.02. The number of Topliss-reactive ketones (excluding diaryl/α,β-unsaturated/α-hetero) is 1. The summed E-state index contributed by atoms with van der Waals surface area (Å²) in [6.45, 7) is 3.87. The van der Waals surface area contributed by atoms with Gasteiger partial charge in [0, 0.05) is 11.3 Å². The summed E-state index contributed by atoms with van der Waals surface area (Å²) in [4.78, 5) is 11.4. The molecule has 0 saturated heterocycles. The summed E-state index contributed by atoms with van der Waals surface area (Å²) in [6.07, 6.45) is 0. The van der Waals surface area contributed by atoms with Gasteiger partial charge in [-0.2, -0.15) is 0 Å². The standard InChI is InChI=1S/C10H12BrNO/c1-6-3-7(2)10(12)8(4-6)9(13)5-11/h3-4H,5,12H2,1-2H3. The molecule has 0 bridgehead atoms. The molecule has 0 aromatic heterocycles. The van der Waals surface area contributed by atoms with Crippen molar-refractivity contribution in [3.8, 4) is 0 Å². The van der Waals surface area contributed by atoms with Crippen LogP contribution in [0.2, 0.25) is 0 Å². The third kappa shape index (κ3) is 2.10. The molecule has 2 N–H and O–H groups in total. The van der Waals surface area contributed by atoms with Crippen LogP contribution in [0.1, 0.15) is 21.5 Å². The van der Waals surface area contributed by atoms with E-state index >= 15 is 0 Å². The van der Waals surface area contributed by atoms with Gasteiger partial charge in [-0.25, -0.2) is 0 Å². The van der Waals surface area contributed by atoms with Crippen molar-refractivity contribution in [1.82, 2.24) is 0 Å². The number of carbonyl (C=O) groups is 1. The average Bonchev–Trinajstić information content (AvgIpc) is 2.10. The largest absolute Gasteiger partial charge is 0.398 e. The quantitative estimate of drug-likeness (QED) is 0.491. The van der Waals surface area contributed by atoms with Gasteiger partial charge in [-0.05, 0) is 31.0 Å². The highest BCUT2D eigenvalue weighted by atomic mass is 79.9. The Hall–Kier alpha value is -0.830. The molecule has 0 unspecified atom stereocenters. The summed E-state index contributed by atoms with van der Waals surface area (Å²) in [6, 6.07) is 3.80. The van der Waals surface area contributed by atoms with Gasteiger partial charge in [-0.3, -0.25) is 4.79 Å². The van der Waals surface area contributed by atoms with Gasteiger partial charge >= 0.3 is 0 Å². The normalized spacial score (nSPS) is 10.1. The molecule has 1 aromatic carbocycles. The number of rotatable bonds is 2. The van der Waals surface area contributed by atoms with Gasteiger partial charge < -0.3 is 5.73 Å². The van der Waals surface area contributed by atoms with E-state index in [-0.39, 0.29) is 5.78 Å². The topological polar surface area (TPSA) is 43.1 Å². The van der Waals surface area contributed by atoms with Crippen LogP contribution in [0.4, 0.5) is 5.69 Å². The van der Waals surface area contributed by atoms with E-state index in [9.17, 15) is 4.79 Å². The molecular formula is C10H12BrNO. The first-order chi connectivity index (χ1) is 6.06. The van der Waals surface area contributed by atoms with E-state index in [0.717, 1.165) is 11.1 Å². The van der Waals surface area contributed by atoms with E-state index in [2.05, 4.69) is 15.9 Å². The minimum atomic E-state index is 0.0318. The van der Waals surface area contributed by atoms with Crippen molar-refractivity contribution >= 4 is 27.4 Å². The molecule has 0 fully saturated rings. The van der Waals surface area contributed by atoms with Gasteiger partial charge in [0.2, 0.25) is 0 Å². The van der Waals surface area contributed by atoms with Crippen molar-refractivity contribution < 1.29 is 4.79 Å². The van der Waals surface area contributed by atoms with E-state index in [1.165, 1.54) is 0 Å². The number of hydrogen-bond donors (Lipinski definition) is 1. The monoisotopic (exact) mass is 241 g/mol. The summed E-state index contributed by atoms with van der Waals surface area (Å²) >= 11 is 3.13. The van der Waals surface area contributed by atoms with Crippen LogP contribution in [-0.4, -0.2) is 11.1 Å². The van der Waals surface area contributed by atoms with E-state index in [4.69, 9.17) is 5.73 Å². The van der Waals surface area contributed by atoms with Gasteiger partial charge in [0.25, 0.3) is 0 Å². The number of aryl methyl sites for hydroxylation is 2. The molecular weight excluding hydrogens is 230 g/mol. The van der Waals surface area contributed by atoms with Crippen LogP contribution in [0.3, 0.4) is 0 Å². The summed E-state index contributed by atoms with van der Waals surface area (Å²) < 4.78 is 0. The van der Waals surface area contributed by atoms with Crippen molar-refractivity contribution in [2.45, 2.75) is 13.8 Å². The molecule has 3 heteroatoms. The van der Waals surface area contributed by atoms with E-state index < -0.39 is 0 Å². The Morgan fingerprint density at radius 2 is 2.08 bits per heavy atom. The Labute approximate surface area is 86.3 Å². The van der Waals surface area contributed by atoms with Crippen molar-refractivity contribution in [3.63, 3.8) is 0 Å². The van der Waals surface area contributed by atoms with Crippen LogP contribution in [0.5, 0.6) is 0 Å².